The van der Waals surface area contributed by atoms with Gasteiger partial charge in [-0.2, -0.15) is 0 Å². The van der Waals surface area contributed by atoms with E-state index in [1.165, 1.54) is 24.4 Å². The van der Waals surface area contributed by atoms with Crippen LogP contribution in [0.1, 0.15) is 21.5 Å². The van der Waals surface area contributed by atoms with Crippen LogP contribution in [0, 0.1) is 13.8 Å². The Hall–Kier alpha value is -2.67. The molecule has 1 aromatic carbocycles. The van der Waals surface area contributed by atoms with Crippen molar-refractivity contribution in [3.05, 3.63) is 59.4 Å². The summed E-state index contributed by atoms with van der Waals surface area (Å²) in [5, 5.41) is 9.54. The molecule has 6 nitrogen and oxygen atoms in total. The van der Waals surface area contributed by atoms with Gasteiger partial charge in [0.15, 0.2) is 5.65 Å². The number of fused-ring (bicyclic) bond motifs is 1. The molecule has 0 atom stereocenters. The Kier molecular flexibility index (Phi) is 3.45. The van der Waals surface area contributed by atoms with Crippen molar-refractivity contribution < 1.29 is 18.3 Å². The van der Waals surface area contributed by atoms with E-state index in [-0.39, 0.29) is 16.1 Å². The van der Waals surface area contributed by atoms with Gasteiger partial charge in [-0.05, 0) is 37.6 Å². The second-order valence-corrected chi connectivity index (χ2v) is 7.14. The van der Waals surface area contributed by atoms with Crippen LogP contribution in [-0.4, -0.2) is 28.5 Å². The molecule has 0 aliphatic heterocycles. The van der Waals surface area contributed by atoms with Gasteiger partial charge in [0.1, 0.15) is 0 Å². The summed E-state index contributed by atoms with van der Waals surface area (Å²) in [6.45, 7) is 3.59. The Labute approximate surface area is 133 Å². The highest BCUT2D eigenvalue weighted by Crippen LogP contribution is 2.25. The van der Waals surface area contributed by atoms with Crippen molar-refractivity contribution in [2.75, 3.05) is 0 Å². The largest absolute Gasteiger partial charge is 0.478 e. The molecule has 7 heteroatoms. The van der Waals surface area contributed by atoms with E-state index in [0.717, 1.165) is 15.7 Å². The Balaban J connectivity index is 2.24. The van der Waals surface area contributed by atoms with Gasteiger partial charge in [-0.3, -0.25) is 0 Å². The summed E-state index contributed by atoms with van der Waals surface area (Å²) < 4.78 is 26.7. The molecule has 1 N–H and O–H groups in total. The molecule has 118 valence electrons. The van der Waals surface area contributed by atoms with Crippen molar-refractivity contribution in [2.24, 2.45) is 0 Å². The molecular formula is C16H14N2O4S. The maximum absolute atomic E-state index is 12.8. The molecule has 23 heavy (non-hydrogen) atoms. The predicted molar refractivity (Wildman–Crippen MR) is 85.2 cm³/mol. The van der Waals surface area contributed by atoms with Gasteiger partial charge in [0, 0.05) is 17.8 Å². The standard InChI is InChI=1S/C16H14N2O4S/c1-10-3-5-13(6-4-10)23(21,22)18-9-11(2)14-7-12(16(19)20)8-17-15(14)18/h3-9H,1-2H3,(H,19,20). The molecule has 0 unspecified atom stereocenters. The molecule has 2 heterocycles. The Morgan fingerprint density at radius 1 is 1.17 bits per heavy atom. The van der Waals surface area contributed by atoms with Crippen LogP contribution in [0.5, 0.6) is 0 Å². The fourth-order valence-electron chi connectivity index (χ4n) is 2.35. The predicted octanol–water partition coefficient (Wildman–Crippen LogP) is 2.59. The molecule has 0 saturated heterocycles. The zero-order chi connectivity index (χ0) is 16.8. The smallest absolute Gasteiger partial charge is 0.337 e. The number of aryl methyl sites for hydroxylation is 2. The second-order valence-electron chi connectivity index (χ2n) is 5.33. The number of aromatic nitrogens is 2. The van der Waals surface area contributed by atoms with Crippen LogP contribution in [0.3, 0.4) is 0 Å². The molecule has 0 aliphatic carbocycles. The third-order valence-electron chi connectivity index (χ3n) is 3.64. The molecule has 0 saturated carbocycles. The first-order chi connectivity index (χ1) is 10.8. The number of aromatic carboxylic acids is 1. The number of carboxylic acid groups (broad SMARTS) is 1. The molecule has 0 aliphatic rings. The third-order valence-corrected chi connectivity index (χ3v) is 5.30. The van der Waals surface area contributed by atoms with E-state index in [1.54, 1.807) is 19.1 Å². The highest BCUT2D eigenvalue weighted by Gasteiger charge is 2.21. The van der Waals surface area contributed by atoms with Crippen LogP contribution < -0.4 is 0 Å². The van der Waals surface area contributed by atoms with Gasteiger partial charge < -0.3 is 5.11 Å². The van der Waals surface area contributed by atoms with Crippen LogP contribution in [0.15, 0.2) is 47.6 Å². The van der Waals surface area contributed by atoms with E-state index in [9.17, 15) is 13.2 Å². The summed E-state index contributed by atoms with van der Waals surface area (Å²) >= 11 is 0. The van der Waals surface area contributed by atoms with Crippen molar-refractivity contribution in [1.29, 1.82) is 0 Å². The summed E-state index contributed by atoms with van der Waals surface area (Å²) in [5.74, 6) is -1.10. The maximum Gasteiger partial charge on any atom is 0.337 e. The minimum atomic E-state index is -3.79. The molecular weight excluding hydrogens is 316 g/mol. The molecule has 0 bridgehead atoms. The van der Waals surface area contributed by atoms with E-state index in [2.05, 4.69) is 4.98 Å². The van der Waals surface area contributed by atoms with Crippen LogP contribution in [-0.2, 0) is 10.0 Å². The molecule has 3 rings (SSSR count). The van der Waals surface area contributed by atoms with Crippen LogP contribution >= 0.6 is 0 Å². The lowest BCUT2D eigenvalue weighted by Crippen LogP contribution is -2.12. The maximum atomic E-state index is 12.8. The normalized spacial score (nSPS) is 11.7. The summed E-state index contributed by atoms with van der Waals surface area (Å²) in [4.78, 5) is 15.2. The molecule has 0 radical (unpaired) electrons. The monoisotopic (exact) mass is 330 g/mol. The van der Waals surface area contributed by atoms with E-state index < -0.39 is 16.0 Å². The Morgan fingerprint density at radius 2 is 1.83 bits per heavy atom. The fourth-order valence-corrected chi connectivity index (χ4v) is 3.73. The summed E-state index contributed by atoms with van der Waals surface area (Å²) in [5.41, 5.74) is 1.84. The lowest BCUT2D eigenvalue weighted by atomic mass is 10.2. The van der Waals surface area contributed by atoms with Gasteiger partial charge >= 0.3 is 5.97 Å². The Bertz CT molecular complexity index is 1020. The number of hydrogen-bond donors (Lipinski definition) is 1. The Morgan fingerprint density at radius 3 is 2.43 bits per heavy atom. The topological polar surface area (TPSA) is 89.3 Å². The first-order valence-corrected chi connectivity index (χ1v) is 8.28. The highest BCUT2D eigenvalue weighted by atomic mass is 32.2. The molecule has 0 fully saturated rings. The number of hydrogen-bond acceptors (Lipinski definition) is 4. The fraction of sp³-hybridized carbons (Fsp3) is 0.125. The minimum Gasteiger partial charge on any atom is -0.478 e. The zero-order valence-electron chi connectivity index (χ0n) is 12.5. The van der Waals surface area contributed by atoms with Gasteiger partial charge in [-0.15, -0.1) is 0 Å². The van der Waals surface area contributed by atoms with Gasteiger partial charge in [0.25, 0.3) is 10.0 Å². The van der Waals surface area contributed by atoms with Crippen LogP contribution in [0.25, 0.3) is 11.0 Å². The van der Waals surface area contributed by atoms with Crippen molar-refractivity contribution in [3.8, 4) is 0 Å². The van der Waals surface area contributed by atoms with Gasteiger partial charge in [0.2, 0.25) is 0 Å². The van der Waals surface area contributed by atoms with Crippen molar-refractivity contribution in [3.63, 3.8) is 0 Å². The quantitative estimate of drug-likeness (QED) is 0.797. The number of pyridine rings is 1. The van der Waals surface area contributed by atoms with Crippen molar-refractivity contribution in [1.82, 2.24) is 8.96 Å². The van der Waals surface area contributed by atoms with Crippen LogP contribution in [0.4, 0.5) is 0 Å². The SMILES string of the molecule is Cc1ccc(S(=O)(=O)n2cc(C)c3cc(C(=O)O)cnc32)cc1. The minimum absolute atomic E-state index is 0.0195. The van der Waals surface area contributed by atoms with Crippen molar-refractivity contribution in [2.45, 2.75) is 18.7 Å². The lowest BCUT2D eigenvalue weighted by molar-refractivity contribution is 0.0696. The number of nitrogens with zero attached hydrogens (tertiary/aromatic N) is 2. The first-order valence-electron chi connectivity index (χ1n) is 6.84. The number of rotatable bonds is 3. The average Bonchev–Trinajstić information content (AvgIpc) is 2.85. The highest BCUT2D eigenvalue weighted by molar-refractivity contribution is 7.90. The van der Waals surface area contributed by atoms with E-state index >= 15 is 0 Å². The summed E-state index contributed by atoms with van der Waals surface area (Å²) in [6.07, 6.45) is 2.61. The molecule has 0 spiro atoms. The third kappa shape index (κ3) is 2.49. The van der Waals surface area contributed by atoms with E-state index in [1.807, 2.05) is 6.92 Å². The van der Waals surface area contributed by atoms with Gasteiger partial charge in [0.05, 0.1) is 10.5 Å². The van der Waals surface area contributed by atoms with Gasteiger partial charge in [-0.25, -0.2) is 22.2 Å². The molecule has 2 aromatic heterocycles. The average molecular weight is 330 g/mol. The van der Waals surface area contributed by atoms with Crippen LogP contribution in [0.2, 0.25) is 0 Å². The summed E-state index contributed by atoms with van der Waals surface area (Å²) in [7, 11) is -3.79. The summed E-state index contributed by atoms with van der Waals surface area (Å²) in [6, 6.07) is 7.96. The lowest BCUT2D eigenvalue weighted by Gasteiger charge is -2.07. The van der Waals surface area contributed by atoms with Crippen molar-refractivity contribution >= 4 is 27.0 Å². The number of carbonyl (C=O) groups is 1. The number of carboxylic acids is 1. The molecule has 0 amide bonds. The number of benzene rings is 1. The van der Waals surface area contributed by atoms with Gasteiger partial charge in [-0.1, -0.05) is 17.7 Å². The van der Waals surface area contributed by atoms with E-state index in [0.29, 0.717) is 10.9 Å². The first kappa shape index (κ1) is 15.2. The zero-order valence-corrected chi connectivity index (χ0v) is 13.3. The second kappa shape index (κ2) is 5.20. The van der Waals surface area contributed by atoms with E-state index in [4.69, 9.17) is 5.11 Å². The molecule has 3 aromatic rings.